The van der Waals surface area contributed by atoms with Crippen LogP contribution in [-0.2, 0) is 30.1 Å². The number of halogens is 12. The zero-order valence-corrected chi connectivity index (χ0v) is 30.0. The summed E-state index contributed by atoms with van der Waals surface area (Å²) in [6.07, 6.45) is -21.6. The lowest BCUT2D eigenvalue weighted by Crippen LogP contribution is -2.30. The molecule has 1 heterocycles. The number of benzene rings is 6. The molecule has 1 aliphatic rings. The van der Waals surface area contributed by atoms with Crippen LogP contribution in [0.2, 0.25) is 0 Å². The summed E-state index contributed by atoms with van der Waals surface area (Å²) in [6, 6.07) is 28.1. The molecule has 294 valence electrons. The van der Waals surface area contributed by atoms with Crippen LogP contribution < -0.4 is 4.90 Å². The third kappa shape index (κ3) is 7.12. The topological polar surface area (TPSA) is 3.24 Å². The van der Waals surface area contributed by atoms with Crippen LogP contribution in [0, 0.1) is 6.92 Å². The quantitative estimate of drug-likeness (QED) is 0.161. The second kappa shape index (κ2) is 13.5. The van der Waals surface area contributed by atoms with Crippen LogP contribution in [-0.4, -0.2) is 0 Å². The number of hydrogen-bond donors (Lipinski definition) is 0. The number of hydrogen-bond acceptors (Lipinski definition) is 1. The van der Waals surface area contributed by atoms with E-state index in [9.17, 15) is 52.7 Å². The van der Waals surface area contributed by atoms with Crippen LogP contribution in [0.4, 0.5) is 69.7 Å². The van der Waals surface area contributed by atoms with Gasteiger partial charge in [-0.15, -0.1) is 0 Å². The Morgan fingerprint density at radius 2 is 0.772 bits per heavy atom. The molecular weight excluding hydrogens is 770 g/mol. The van der Waals surface area contributed by atoms with Crippen molar-refractivity contribution in [1.82, 2.24) is 0 Å². The SMILES string of the molecule is Cc1c(-c2ccc(C(F)(F)F)c(C(F)(F)F)c2)cc(-c2ccc(N3c4ccccc4C(C)(C)c4ccccc43)cc2)cc1-c1ccc(C(F)(F)F)c(C(F)(F)F)c1. The molecule has 0 saturated heterocycles. The molecule has 6 aromatic rings. The highest BCUT2D eigenvalue weighted by atomic mass is 19.4. The Kier molecular flexibility index (Phi) is 9.32. The van der Waals surface area contributed by atoms with Crippen LogP contribution in [0.3, 0.4) is 0 Å². The van der Waals surface area contributed by atoms with Gasteiger partial charge in [-0.2, -0.15) is 52.7 Å². The molecule has 1 nitrogen and oxygen atoms in total. The first kappa shape index (κ1) is 39.5. The summed E-state index contributed by atoms with van der Waals surface area (Å²) in [7, 11) is 0. The fourth-order valence-corrected chi connectivity index (χ4v) is 7.62. The minimum Gasteiger partial charge on any atom is -0.310 e. The second-order valence-electron chi connectivity index (χ2n) is 14.2. The molecular formula is C44H29F12N. The summed E-state index contributed by atoms with van der Waals surface area (Å²) in [5.41, 5.74) is -3.82. The summed E-state index contributed by atoms with van der Waals surface area (Å²) < 4.78 is 167. The average Bonchev–Trinajstić information content (AvgIpc) is 3.13. The van der Waals surface area contributed by atoms with Crippen LogP contribution >= 0.6 is 0 Å². The normalized spacial score (nSPS) is 14.3. The molecule has 0 N–H and O–H groups in total. The number of anilines is 3. The molecule has 0 aromatic heterocycles. The monoisotopic (exact) mass is 799 g/mol. The fraction of sp³-hybridized carbons (Fsp3) is 0.182. The third-order valence-corrected chi connectivity index (χ3v) is 10.4. The van der Waals surface area contributed by atoms with Gasteiger partial charge in [-0.1, -0.05) is 74.5 Å². The van der Waals surface area contributed by atoms with Crippen molar-refractivity contribution in [2.75, 3.05) is 4.90 Å². The summed E-state index contributed by atoms with van der Waals surface area (Å²) in [5, 5.41) is 0. The first-order valence-electron chi connectivity index (χ1n) is 17.3. The second-order valence-corrected chi connectivity index (χ2v) is 14.2. The van der Waals surface area contributed by atoms with E-state index in [1.54, 1.807) is 24.3 Å². The van der Waals surface area contributed by atoms with Crippen molar-refractivity contribution in [2.45, 2.75) is 50.9 Å². The van der Waals surface area contributed by atoms with Gasteiger partial charge in [0.05, 0.1) is 33.6 Å². The van der Waals surface area contributed by atoms with E-state index in [0.717, 1.165) is 34.6 Å². The Hall–Kier alpha value is -5.72. The molecule has 0 fully saturated rings. The van der Waals surface area contributed by atoms with Gasteiger partial charge in [0.2, 0.25) is 0 Å². The highest BCUT2D eigenvalue weighted by Crippen LogP contribution is 2.52. The van der Waals surface area contributed by atoms with Crippen molar-refractivity contribution < 1.29 is 52.7 Å². The van der Waals surface area contributed by atoms with E-state index in [2.05, 4.69) is 13.8 Å². The fourth-order valence-electron chi connectivity index (χ4n) is 7.62. The lowest BCUT2D eigenvalue weighted by molar-refractivity contribution is -0.162. The molecule has 0 bridgehead atoms. The minimum atomic E-state index is -5.44. The van der Waals surface area contributed by atoms with Gasteiger partial charge in [-0.3, -0.25) is 0 Å². The molecule has 57 heavy (non-hydrogen) atoms. The van der Waals surface area contributed by atoms with Crippen molar-refractivity contribution in [2.24, 2.45) is 0 Å². The third-order valence-electron chi connectivity index (χ3n) is 10.4. The van der Waals surface area contributed by atoms with E-state index in [4.69, 9.17) is 0 Å². The largest absolute Gasteiger partial charge is 0.417 e. The molecule has 13 heteroatoms. The molecule has 0 atom stereocenters. The minimum absolute atomic E-state index is 0.0141. The van der Waals surface area contributed by atoms with Crippen LogP contribution in [0.25, 0.3) is 33.4 Å². The first-order valence-corrected chi connectivity index (χ1v) is 17.3. The standard InChI is InChI=1S/C44H29F12N/c1-24-30(26-14-18-32(41(45,46)47)36(22-26)43(51,52)53)20-28(21-31(24)27-15-19-33(42(48,49)50)37(23-27)44(54,55)56)25-12-16-29(17-13-25)57-38-10-6-4-8-34(38)40(2,3)35-9-5-7-11-39(35)57/h4-23H,1-3H3. The summed E-state index contributed by atoms with van der Waals surface area (Å²) >= 11 is 0. The van der Waals surface area contributed by atoms with Crippen molar-refractivity contribution >= 4 is 17.1 Å². The van der Waals surface area contributed by atoms with E-state index >= 15 is 0 Å². The predicted molar refractivity (Wildman–Crippen MR) is 194 cm³/mol. The Morgan fingerprint density at radius 1 is 0.404 bits per heavy atom. The molecule has 7 rings (SSSR count). The molecule has 6 aromatic carbocycles. The molecule has 0 aliphatic carbocycles. The van der Waals surface area contributed by atoms with E-state index < -0.39 is 47.0 Å². The summed E-state index contributed by atoms with van der Waals surface area (Å²) in [4.78, 5) is 2.05. The summed E-state index contributed by atoms with van der Waals surface area (Å²) in [6.45, 7) is 5.54. The number of fused-ring (bicyclic) bond motifs is 2. The lowest BCUT2D eigenvalue weighted by Gasteiger charge is -2.42. The Labute approximate surface area is 318 Å². The van der Waals surface area contributed by atoms with Gasteiger partial charge >= 0.3 is 24.7 Å². The average molecular weight is 800 g/mol. The highest BCUT2D eigenvalue weighted by molar-refractivity contribution is 5.88. The van der Waals surface area contributed by atoms with Gasteiger partial charge in [0, 0.05) is 11.1 Å². The molecule has 0 saturated carbocycles. The summed E-state index contributed by atoms with van der Waals surface area (Å²) in [5.74, 6) is 0. The van der Waals surface area contributed by atoms with Crippen LogP contribution in [0.5, 0.6) is 0 Å². The van der Waals surface area contributed by atoms with Gasteiger partial charge in [-0.25, -0.2) is 0 Å². The van der Waals surface area contributed by atoms with Crippen LogP contribution in [0.1, 0.15) is 52.8 Å². The number of rotatable bonds is 4. The Bertz CT molecular complexity index is 2360. The zero-order valence-electron chi connectivity index (χ0n) is 30.0. The number of nitrogens with zero attached hydrogens (tertiary/aromatic N) is 1. The Morgan fingerprint density at radius 3 is 1.16 bits per heavy atom. The molecule has 0 amide bonds. The number of para-hydroxylation sites is 2. The lowest BCUT2D eigenvalue weighted by atomic mass is 9.73. The van der Waals surface area contributed by atoms with Crippen molar-refractivity contribution in [3.8, 4) is 33.4 Å². The van der Waals surface area contributed by atoms with Gasteiger partial charge in [0.1, 0.15) is 0 Å². The van der Waals surface area contributed by atoms with Gasteiger partial charge in [0.15, 0.2) is 0 Å². The van der Waals surface area contributed by atoms with Crippen molar-refractivity contribution in [1.29, 1.82) is 0 Å². The zero-order chi connectivity index (χ0) is 41.5. The Balaban J connectivity index is 1.43. The van der Waals surface area contributed by atoms with E-state index in [1.807, 2.05) is 53.4 Å². The van der Waals surface area contributed by atoms with E-state index in [0.29, 0.717) is 23.4 Å². The first-order chi connectivity index (χ1) is 26.5. The maximum Gasteiger partial charge on any atom is 0.417 e. The van der Waals surface area contributed by atoms with Gasteiger partial charge in [0.25, 0.3) is 0 Å². The maximum atomic E-state index is 14.1. The maximum absolute atomic E-state index is 14.1. The molecule has 0 radical (unpaired) electrons. The van der Waals surface area contributed by atoms with Gasteiger partial charge < -0.3 is 4.90 Å². The van der Waals surface area contributed by atoms with Crippen LogP contribution in [0.15, 0.2) is 121 Å². The van der Waals surface area contributed by atoms with E-state index in [1.165, 1.54) is 19.1 Å². The van der Waals surface area contributed by atoms with Crippen molar-refractivity contribution in [3.63, 3.8) is 0 Å². The smallest absolute Gasteiger partial charge is 0.310 e. The highest BCUT2D eigenvalue weighted by Gasteiger charge is 2.45. The molecule has 0 spiro atoms. The predicted octanol–water partition coefficient (Wildman–Crippen LogP) is 15.2. The number of alkyl halides is 12. The molecule has 1 aliphatic heterocycles. The van der Waals surface area contributed by atoms with Crippen molar-refractivity contribution in [3.05, 3.63) is 160 Å². The van der Waals surface area contributed by atoms with Gasteiger partial charge in [-0.05, 0) is 118 Å². The van der Waals surface area contributed by atoms with E-state index in [-0.39, 0.29) is 50.9 Å². The molecule has 0 unspecified atom stereocenters.